The fraction of sp³-hybridized carbons (Fsp3) is 0.773. The van der Waals surface area contributed by atoms with Crippen LogP contribution in [0.3, 0.4) is 0 Å². The van der Waals surface area contributed by atoms with Gasteiger partial charge in [0.15, 0.2) is 0 Å². The van der Waals surface area contributed by atoms with Crippen LogP contribution in [0.4, 0.5) is 14.7 Å². The lowest BCUT2D eigenvalue weighted by atomic mass is 9.81. The second-order valence-electron chi connectivity index (χ2n) is 9.89. The Morgan fingerprint density at radius 2 is 2.09 bits per heavy atom. The summed E-state index contributed by atoms with van der Waals surface area (Å²) in [6.07, 6.45) is 0.932. The summed E-state index contributed by atoms with van der Waals surface area (Å²) < 4.78 is 65.4. The molecule has 4 rings (SSSR count). The van der Waals surface area contributed by atoms with Crippen LogP contribution in [-0.2, 0) is 14.8 Å². The second-order valence-corrected chi connectivity index (χ2v) is 11.9. The number of rotatable bonds is 7. The first-order valence-corrected chi connectivity index (χ1v) is 13.4. The van der Waals surface area contributed by atoms with Gasteiger partial charge in [-0.1, -0.05) is 0 Å². The van der Waals surface area contributed by atoms with Gasteiger partial charge in [-0.2, -0.15) is 10.2 Å². The summed E-state index contributed by atoms with van der Waals surface area (Å²) in [5.41, 5.74) is -1.75. The molecule has 10 nitrogen and oxygen atoms in total. The van der Waals surface area contributed by atoms with Crippen LogP contribution >= 0.6 is 0 Å². The number of halogens is 2. The number of ether oxygens (including phenoxy) is 2. The van der Waals surface area contributed by atoms with Crippen LogP contribution in [0.5, 0.6) is 5.88 Å². The molecule has 3 heterocycles. The lowest BCUT2D eigenvalue weighted by molar-refractivity contribution is -0.162. The minimum absolute atomic E-state index is 0.0282. The van der Waals surface area contributed by atoms with E-state index in [-0.39, 0.29) is 41.5 Å². The smallest absolute Gasteiger partial charge is 0.251 e. The molecule has 194 valence electrons. The number of anilines is 1. The maximum Gasteiger partial charge on any atom is 0.251 e. The third kappa shape index (κ3) is 6.35. The average molecular weight is 516 g/mol. The molecule has 0 amide bonds. The number of piperidine rings is 1. The second kappa shape index (κ2) is 10.1. The van der Waals surface area contributed by atoms with Gasteiger partial charge in [0.05, 0.1) is 18.6 Å². The highest BCUT2D eigenvalue weighted by Gasteiger charge is 2.49. The van der Waals surface area contributed by atoms with Gasteiger partial charge >= 0.3 is 0 Å². The quantitative estimate of drug-likeness (QED) is 0.558. The maximum absolute atomic E-state index is 13.7. The lowest BCUT2D eigenvalue weighted by Crippen LogP contribution is -2.51. The summed E-state index contributed by atoms with van der Waals surface area (Å²) in [4.78, 5) is 8.40. The molecular weight excluding hydrogens is 484 g/mol. The predicted molar refractivity (Wildman–Crippen MR) is 122 cm³/mol. The third-order valence-electron chi connectivity index (χ3n) is 6.86. The van der Waals surface area contributed by atoms with Gasteiger partial charge < -0.3 is 19.9 Å². The minimum atomic E-state index is -3.35. The number of nitrogens with zero attached hydrogens (tertiary/aromatic N) is 4. The van der Waals surface area contributed by atoms with Crippen LogP contribution in [-0.4, -0.2) is 83.5 Å². The van der Waals surface area contributed by atoms with Gasteiger partial charge in [0.1, 0.15) is 23.3 Å². The molecule has 3 unspecified atom stereocenters. The zero-order valence-corrected chi connectivity index (χ0v) is 20.4. The summed E-state index contributed by atoms with van der Waals surface area (Å²) in [6, 6.07) is 1.83. The predicted octanol–water partition coefficient (Wildman–Crippen LogP) is 1.91. The van der Waals surface area contributed by atoms with E-state index in [0.717, 1.165) is 6.42 Å². The standard InChI is InChI=1S/C22H31F2N5O5S/c1-21(30)14-22(23,24)6-2-18(21)34-19-16(10-25)11-26-20(28-19)27-17-3-7-29(8-4-17)35(31,32)13-15-5-9-33-12-15/h11,15,17-18,30H,2-9,12-14H2,1H3,(H,26,27,28). The Morgan fingerprint density at radius 3 is 2.71 bits per heavy atom. The van der Waals surface area contributed by atoms with Crippen molar-refractivity contribution in [2.75, 3.05) is 37.4 Å². The Labute approximate surface area is 203 Å². The number of sulfonamides is 1. The van der Waals surface area contributed by atoms with Gasteiger partial charge in [-0.05, 0) is 38.5 Å². The zero-order valence-electron chi connectivity index (χ0n) is 19.6. The SMILES string of the molecule is CC1(O)CC(F)(F)CCC1Oc1nc(NC2CCN(S(=O)(=O)CC3CCOC3)CC2)ncc1C#N. The van der Waals surface area contributed by atoms with E-state index in [1.165, 1.54) is 17.4 Å². The molecular formula is C22H31F2N5O5S. The van der Waals surface area contributed by atoms with Crippen LogP contribution in [0.1, 0.15) is 51.0 Å². The number of nitriles is 1. The number of hydrogen-bond acceptors (Lipinski definition) is 9. The van der Waals surface area contributed by atoms with Crippen molar-refractivity contribution in [1.82, 2.24) is 14.3 Å². The van der Waals surface area contributed by atoms with Crippen molar-refractivity contribution in [3.8, 4) is 11.9 Å². The van der Waals surface area contributed by atoms with Crippen molar-refractivity contribution in [1.29, 1.82) is 5.26 Å². The number of nitrogens with one attached hydrogen (secondary N) is 1. The van der Waals surface area contributed by atoms with Crippen molar-refractivity contribution in [3.05, 3.63) is 11.8 Å². The normalized spacial score (nSPS) is 30.0. The van der Waals surface area contributed by atoms with Gasteiger partial charge in [-0.3, -0.25) is 0 Å². The van der Waals surface area contributed by atoms with Gasteiger partial charge in [-0.25, -0.2) is 26.5 Å². The maximum atomic E-state index is 13.7. The first kappa shape index (κ1) is 25.9. The van der Waals surface area contributed by atoms with Crippen molar-refractivity contribution >= 4 is 16.0 Å². The first-order chi connectivity index (χ1) is 16.5. The van der Waals surface area contributed by atoms with Gasteiger partial charge in [0.2, 0.25) is 21.9 Å². The molecule has 3 aliphatic rings. The summed E-state index contributed by atoms with van der Waals surface area (Å²) in [6.45, 7) is 3.11. The molecule has 0 spiro atoms. The summed E-state index contributed by atoms with van der Waals surface area (Å²) in [7, 11) is -3.35. The van der Waals surface area contributed by atoms with Crippen LogP contribution in [0.15, 0.2) is 6.20 Å². The van der Waals surface area contributed by atoms with Crippen molar-refractivity contribution < 1.29 is 31.8 Å². The van der Waals surface area contributed by atoms with Crippen molar-refractivity contribution in [2.45, 2.75) is 69.1 Å². The van der Waals surface area contributed by atoms with E-state index in [1.54, 1.807) is 0 Å². The molecule has 1 aromatic rings. The van der Waals surface area contributed by atoms with Crippen LogP contribution in [0, 0.1) is 17.2 Å². The molecule has 3 atom stereocenters. The van der Waals surface area contributed by atoms with Crippen LogP contribution in [0.2, 0.25) is 0 Å². The van der Waals surface area contributed by atoms with Crippen molar-refractivity contribution in [3.63, 3.8) is 0 Å². The largest absolute Gasteiger partial charge is 0.470 e. The molecule has 13 heteroatoms. The van der Waals surface area contributed by atoms with Gasteiger partial charge in [0.25, 0.3) is 5.92 Å². The van der Waals surface area contributed by atoms with Crippen LogP contribution in [0.25, 0.3) is 0 Å². The highest BCUT2D eigenvalue weighted by Crippen LogP contribution is 2.41. The van der Waals surface area contributed by atoms with E-state index in [2.05, 4.69) is 15.3 Å². The molecule has 35 heavy (non-hydrogen) atoms. The summed E-state index contributed by atoms with van der Waals surface area (Å²) in [5.74, 6) is -2.74. The molecule has 2 aliphatic heterocycles. The number of aromatic nitrogens is 2. The molecule has 1 saturated carbocycles. The van der Waals surface area contributed by atoms with Crippen molar-refractivity contribution in [2.24, 2.45) is 5.92 Å². The van der Waals surface area contributed by atoms with E-state index in [4.69, 9.17) is 9.47 Å². The first-order valence-electron chi connectivity index (χ1n) is 11.8. The van der Waals surface area contributed by atoms with Gasteiger partial charge in [0, 0.05) is 38.6 Å². The number of hydrogen-bond donors (Lipinski definition) is 2. The van der Waals surface area contributed by atoms with E-state index in [1.807, 2.05) is 6.07 Å². The molecule has 1 aliphatic carbocycles. The molecule has 2 N–H and O–H groups in total. The molecule has 0 aromatic carbocycles. The fourth-order valence-corrected chi connectivity index (χ4v) is 6.72. The fourth-order valence-electron chi connectivity index (χ4n) is 4.88. The Balaban J connectivity index is 1.36. The highest BCUT2D eigenvalue weighted by atomic mass is 32.2. The van der Waals surface area contributed by atoms with Crippen LogP contribution < -0.4 is 10.1 Å². The van der Waals surface area contributed by atoms with E-state index >= 15 is 0 Å². The molecule has 0 radical (unpaired) electrons. The molecule has 0 bridgehead atoms. The minimum Gasteiger partial charge on any atom is -0.470 e. The highest BCUT2D eigenvalue weighted by molar-refractivity contribution is 7.89. The Kier molecular flexibility index (Phi) is 7.47. The monoisotopic (exact) mass is 515 g/mol. The summed E-state index contributed by atoms with van der Waals surface area (Å²) in [5, 5.41) is 23.0. The Morgan fingerprint density at radius 1 is 1.34 bits per heavy atom. The zero-order chi connectivity index (χ0) is 25.3. The lowest BCUT2D eigenvalue weighted by Gasteiger charge is -2.40. The average Bonchev–Trinajstić information content (AvgIpc) is 3.28. The van der Waals surface area contributed by atoms with Gasteiger partial charge in [-0.15, -0.1) is 0 Å². The van der Waals surface area contributed by atoms with E-state index in [9.17, 15) is 27.6 Å². The molecule has 2 saturated heterocycles. The summed E-state index contributed by atoms with van der Waals surface area (Å²) >= 11 is 0. The number of aliphatic hydroxyl groups is 1. The van der Waals surface area contributed by atoms with E-state index in [0.29, 0.717) is 39.1 Å². The molecule has 1 aromatic heterocycles. The van der Waals surface area contributed by atoms with E-state index < -0.39 is 40.5 Å². The third-order valence-corrected chi connectivity index (χ3v) is 8.91. The Bertz CT molecular complexity index is 1050. The Hall–Kier alpha value is -2.14. The topological polar surface area (TPSA) is 138 Å². The molecule has 3 fully saturated rings. The number of alkyl halides is 2.